The molecule has 3 rings (SSSR count). The average molecular weight is 311 g/mol. The maximum absolute atomic E-state index is 6.18. The fraction of sp³-hybridized carbons (Fsp3) is 0.0667. The van der Waals surface area contributed by atoms with Crippen LogP contribution < -0.4 is 0 Å². The third kappa shape index (κ3) is 2.59. The number of fused-ring (bicyclic) bond motifs is 1. The van der Waals surface area contributed by atoms with Crippen molar-refractivity contribution in [1.82, 2.24) is 4.57 Å². The molecule has 0 aliphatic heterocycles. The summed E-state index contributed by atoms with van der Waals surface area (Å²) < 4.78 is 2.11. The Bertz CT molecular complexity index is 746. The van der Waals surface area contributed by atoms with Crippen molar-refractivity contribution in [3.63, 3.8) is 0 Å². The lowest BCUT2D eigenvalue weighted by Gasteiger charge is -2.07. The van der Waals surface area contributed by atoms with E-state index in [2.05, 4.69) is 4.57 Å². The first kappa shape index (κ1) is 12.9. The summed E-state index contributed by atoms with van der Waals surface area (Å²) in [5.74, 6) is 0. The van der Waals surface area contributed by atoms with Gasteiger partial charge in [-0.3, -0.25) is 0 Å². The van der Waals surface area contributed by atoms with E-state index in [1.165, 1.54) is 0 Å². The molecule has 2 aromatic carbocycles. The Labute approximate surface area is 126 Å². The number of nitrogens with zero attached hydrogens (tertiary/aromatic N) is 1. The van der Waals surface area contributed by atoms with Crippen LogP contribution in [-0.2, 0) is 6.54 Å². The van der Waals surface area contributed by atoms with Crippen molar-refractivity contribution >= 4 is 45.7 Å². The summed E-state index contributed by atoms with van der Waals surface area (Å²) in [4.78, 5) is 0. The van der Waals surface area contributed by atoms with Gasteiger partial charge in [0.15, 0.2) is 0 Å². The molecule has 0 amide bonds. The van der Waals surface area contributed by atoms with E-state index in [4.69, 9.17) is 34.8 Å². The molecule has 19 heavy (non-hydrogen) atoms. The van der Waals surface area contributed by atoms with Crippen LogP contribution >= 0.6 is 34.8 Å². The summed E-state index contributed by atoms with van der Waals surface area (Å²) in [5, 5.41) is 3.06. The molecule has 0 radical (unpaired) electrons. The van der Waals surface area contributed by atoms with Crippen molar-refractivity contribution in [1.29, 1.82) is 0 Å². The maximum Gasteiger partial charge on any atom is 0.0514 e. The van der Waals surface area contributed by atoms with Gasteiger partial charge in [0.25, 0.3) is 0 Å². The highest BCUT2D eigenvalue weighted by atomic mass is 35.5. The second kappa shape index (κ2) is 5.09. The number of halogens is 3. The molecule has 0 aliphatic rings. The van der Waals surface area contributed by atoms with Crippen molar-refractivity contribution < 1.29 is 0 Å². The summed E-state index contributed by atoms with van der Waals surface area (Å²) in [6, 6.07) is 13.5. The van der Waals surface area contributed by atoms with Gasteiger partial charge in [-0.25, -0.2) is 0 Å². The van der Waals surface area contributed by atoms with E-state index >= 15 is 0 Å². The SMILES string of the molecule is Clc1cccc(Cn2ccc3c(Cl)cc(Cl)cc32)c1. The summed E-state index contributed by atoms with van der Waals surface area (Å²) in [7, 11) is 0. The van der Waals surface area contributed by atoms with Gasteiger partial charge >= 0.3 is 0 Å². The molecule has 3 aromatic rings. The summed E-state index contributed by atoms with van der Waals surface area (Å²) in [5.41, 5.74) is 2.17. The maximum atomic E-state index is 6.18. The molecule has 1 nitrogen and oxygen atoms in total. The molecule has 0 unspecified atom stereocenters. The second-order valence-corrected chi connectivity index (χ2v) is 5.67. The monoisotopic (exact) mass is 309 g/mol. The van der Waals surface area contributed by atoms with Crippen LogP contribution in [0.15, 0.2) is 48.7 Å². The van der Waals surface area contributed by atoms with Crippen LogP contribution in [0.1, 0.15) is 5.56 Å². The third-order valence-electron chi connectivity index (χ3n) is 3.04. The fourth-order valence-corrected chi connectivity index (χ4v) is 2.95. The summed E-state index contributed by atoms with van der Waals surface area (Å²) in [6.07, 6.45) is 2.01. The number of hydrogen-bond acceptors (Lipinski definition) is 0. The third-order valence-corrected chi connectivity index (χ3v) is 3.81. The molecule has 0 N–H and O–H groups in total. The zero-order valence-corrected chi connectivity index (χ0v) is 12.2. The Kier molecular flexibility index (Phi) is 3.44. The molecule has 1 heterocycles. The molecule has 96 valence electrons. The van der Waals surface area contributed by atoms with Crippen molar-refractivity contribution in [3.05, 3.63) is 69.3 Å². The molecule has 4 heteroatoms. The Hall–Kier alpha value is -1.15. The van der Waals surface area contributed by atoms with Gasteiger partial charge in [0, 0.05) is 28.2 Å². The minimum Gasteiger partial charge on any atom is -0.343 e. The van der Waals surface area contributed by atoms with Crippen molar-refractivity contribution in [2.24, 2.45) is 0 Å². The Morgan fingerprint density at radius 1 is 0.895 bits per heavy atom. The minimum atomic E-state index is 0.642. The van der Waals surface area contributed by atoms with Crippen LogP contribution in [0, 0.1) is 0 Å². The molecule has 0 spiro atoms. The smallest absolute Gasteiger partial charge is 0.0514 e. The van der Waals surface area contributed by atoms with Gasteiger partial charge in [0.1, 0.15) is 0 Å². The fourth-order valence-electron chi connectivity index (χ4n) is 2.19. The van der Waals surface area contributed by atoms with Crippen LogP contribution in [0.4, 0.5) is 0 Å². The molecule has 0 bridgehead atoms. The molecule has 0 saturated heterocycles. The molecule has 0 aliphatic carbocycles. The topological polar surface area (TPSA) is 4.93 Å². The Balaban J connectivity index is 2.06. The van der Waals surface area contributed by atoms with Crippen LogP contribution in [0.3, 0.4) is 0 Å². The average Bonchev–Trinajstić information content (AvgIpc) is 2.73. The second-order valence-electron chi connectivity index (χ2n) is 4.39. The van der Waals surface area contributed by atoms with E-state index in [9.17, 15) is 0 Å². The number of aromatic nitrogens is 1. The van der Waals surface area contributed by atoms with Crippen LogP contribution in [-0.4, -0.2) is 4.57 Å². The largest absolute Gasteiger partial charge is 0.343 e. The summed E-state index contributed by atoms with van der Waals surface area (Å²) in [6.45, 7) is 0.737. The van der Waals surface area contributed by atoms with Gasteiger partial charge < -0.3 is 4.57 Å². The Morgan fingerprint density at radius 3 is 2.53 bits per heavy atom. The van der Waals surface area contributed by atoms with Crippen LogP contribution in [0.5, 0.6) is 0 Å². The number of benzene rings is 2. The first-order valence-electron chi connectivity index (χ1n) is 5.82. The quantitative estimate of drug-likeness (QED) is 0.576. The highest BCUT2D eigenvalue weighted by molar-refractivity contribution is 6.38. The van der Waals surface area contributed by atoms with Gasteiger partial charge in [0.05, 0.1) is 10.5 Å². The van der Waals surface area contributed by atoms with Gasteiger partial charge in [-0.05, 0) is 35.9 Å². The van der Waals surface area contributed by atoms with Crippen molar-refractivity contribution in [3.8, 4) is 0 Å². The van der Waals surface area contributed by atoms with E-state index in [1.807, 2.05) is 42.6 Å². The number of rotatable bonds is 2. The van der Waals surface area contributed by atoms with Gasteiger partial charge in [-0.15, -0.1) is 0 Å². The lowest BCUT2D eigenvalue weighted by molar-refractivity contribution is 0.837. The minimum absolute atomic E-state index is 0.642. The molecule has 0 atom stereocenters. The Morgan fingerprint density at radius 2 is 1.74 bits per heavy atom. The van der Waals surface area contributed by atoms with Gasteiger partial charge in [-0.2, -0.15) is 0 Å². The van der Waals surface area contributed by atoms with Crippen molar-refractivity contribution in [2.75, 3.05) is 0 Å². The standard InChI is InChI=1S/C15H10Cl3N/c16-11-3-1-2-10(6-11)9-19-5-4-13-14(18)7-12(17)8-15(13)19/h1-8H,9H2. The molecule has 0 fully saturated rings. The van der Waals surface area contributed by atoms with Gasteiger partial charge in [0.2, 0.25) is 0 Å². The van der Waals surface area contributed by atoms with Crippen LogP contribution in [0.25, 0.3) is 10.9 Å². The lowest BCUT2D eigenvalue weighted by atomic mass is 10.2. The van der Waals surface area contributed by atoms with Crippen LogP contribution in [0.2, 0.25) is 15.1 Å². The van der Waals surface area contributed by atoms with E-state index in [0.717, 1.165) is 28.0 Å². The molecular formula is C15H10Cl3N. The zero-order valence-electron chi connectivity index (χ0n) is 9.91. The van der Waals surface area contributed by atoms with E-state index in [-0.39, 0.29) is 0 Å². The number of hydrogen-bond donors (Lipinski definition) is 0. The molecule has 0 saturated carbocycles. The molecule has 1 aromatic heterocycles. The highest BCUT2D eigenvalue weighted by Crippen LogP contribution is 2.29. The summed E-state index contributed by atoms with van der Waals surface area (Å²) >= 11 is 18.2. The van der Waals surface area contributed by atoms with Gasteiger partial charge in [-0.1, -0.05) is 46.9 Å². The predicted octanol–water partition coefficient (Wildman–Crippen LogP) is 5.65. The van der Waals surface area contributed by atoms with E-state index in [1.54, 1.807) is 6.07 Å². The predicted molar refractivity (Wildman–Crippen MR) is 82.5 cm³/mol. The zero-order chi connectivity index (χ0) is 13.4. The normalized spacial score (nSPS) is 11.1. The highest BCUT2D eigenvalue weighted by Gasteiger charge is 2.07. The first-order valence-corrected chi connectivity index (χ1v) is 6.95. The first-order chi connectivity index (χ1) is 9.13. The van der Waals surface area contributed by atoms with E-state index in [0.29, 0.717) is 10.0 Å². The van der Waals surface area contributed by atoms with E-state index < -0.39 is 0 Å². The van der Waals surface area contributed by atoms with Crippen molar-refractivity contribution in [2.45, 2.75) is 6.54 Å². The lowest BCUT2D eigenvalue weighted by Crippen LogP contribution is -1.97. The molecular weight excluding hydrogens is 301 g/mol.